The van der Waals surface area contributed by atoms with E-state index in [1.807, 2.05) is 37.4 Å². The molecule has 2 N–H and O–H groups in total. The Bertz CT molecular complexity index is 910. The third-order valence-electron chi connectivity index (χ3n) is 7.29. The monoisotopic (exact) mass is 575 g/mol. The molecule has 2 atom stereocenters. The minimum atomic E-state index is -0.784. The van der Waals surface area contributed by atoms with Crippen molar-refractivity contribution in [2.75, 3.05) is 18.6 Å². The Labute approximate surface area is 246 Å². The van der Waals surface area contributed by atoms with E-state index < -0.39 is 23.8 Å². The minimum Gasteiger partial charge on any atom is -0.444 e. The molecule has 0 aromatic heterocycles. The highest BCUT2D eigenvalue weighted by Crippen LogP contribution is 2.26. The zero-order chi connectivity index (χ0) is 29.5. The predicted molar refractivity (Wildman–Crippen MR) is 166 cm³/mol. The van der Waals surface area contributed by atoms with Crippen molar-refractivity contribution in [3.63, 3.8) is 0 Å². The van der Waals surface area contributed by atoms with Crippen molar-refractivity contribution in [2.45, 2.75) is 129 Å². The van der Waals surface area contributed by atoms with Crippen LogP contribution in [0.1, 0.15) is 115 Å². The summed E-state index contributed by atoms with van der Waals surface area (Å²) in [5, 5.41) is 6.12. The number of nitrogens with zero attached hydrogens (tertiary/aromatic N) is 1. The summed E-state index contributed by atoms with van der Waals surface area (Å²) in [6.45, 7) is 10.0. The van der Waals surface area contributed by atoms with Crippen molar-refractivity contribution in [3.8, 4) is 0 Å². The van der Waals surface area contributed by atoms with Gasteiger partial charge in [-0.05, 0) is 71.0 Å². The summed E-state index contributed by atoms with van der Waals surface area (Å²) in [6.07, 6.45) is 12.3. The molecule has 0 aliphatic heterocycles. The van der Waals surface area contributed by atoms with Crippen molar-refractivity contribution in [3.05, 3.63) is 35.4 Å². The van der Waals surface area contributed by atoms with Gasteiger partial charge in [0.1, 0.15) is 17.7 Å². The van der Waals surface area contributed by atoms with Crippen LogP contribution < -0.4 is 10.6 Å². The van der Waals surface area contributed by atoms with E-state index in [-0.39, 0.29) is 17.9 Å². The first-order valence-corrected chi connectivity index (χ1v) is 16.6. The summed E-state index contributed by atoms with van der Waals surface area (Å²) in [5.74, 6) is 0.318. The van der Waals surface area contributed by atoms with Gasteiger partial charge in [-0.25, -0.2) is 4.79 Å². The van der Waals surface area contributed by atoms with Crippen LogP contribution in [-0.2, 0) is 14.3 Å². The van der Waals surface area contributed by atoms with Gasteiger partial charge in [-0.1, -0.05) is 81.7 Å². The van der Waals surface area contributed by atoms with E-state index in [0.29, 0.717) is 18.7 Å². The molecule has 40 heavy (non-hydrogen) atoms. The Kier molecular flexibility index (Phi) is 14.9. The fourth-order valence-electron chi connectivity index (χ4n) is 5.14. The molecule has 3 amide bonds. The largest absolute Gasteiger partial charge is 0.444 e. The topological polar surface area (TPSA) is 87.7 Å². The van der Waals surface area contributed by atoms with Crippen LogP contribution in [0, 0.1) is 6.92 Å². The first-order valence-electron chi connectivity index (χ1n) is 15.2. The molecule has 1 aliphatic rings. The van der Waals surface area contributed by atoms with Gasteiger partial charge >= 0.3 is 6.09 Å². The molecule has 1 aromatic carbocycles. The number of carbonyl (C=O) groups excluding carboxylic acids is 3. The van der Waals surface area contributed by atoms with Crippen LogP contribution in [0.3, 0.4) is 0 Å². The highest BCUT2D eigenvalue weighted by Gasteiger charge is 2.36. The Hall–Kier alpha value is -2.22. The SMILES string of the molecule is CCCCCCCN(C(=O)C(CCSC)NC(=O)OC(C)(C)C)C(C(=O)NC1CCCCC1)c1ccc(C)cc1. The maximum atomic E-state index is 14.3. The first kappa shape index (κ1) is 34.0. The third-order valence-corrected chi connectivity index (χ3v) is 7.93. The van der Waals surface area contributed by atoms with Crippen molar-refractivity contribution in [1.82, 2.24) is 15.5 Å². The second kappa shape index (κ2) is 17.6. The summed E-state index contributed by atoms with van der Waals surface area (Å²) in [7, 11) is 0. The smallest absolute Gasteiger partial charge is 0.408 e. The zero-order valence-electron chi connectivity index (χ0n) is 25.7. The zero-order valence-corrected chi connectivity index (χ0v) is 26.5. The normalized spacial score (nSPS) is 15.7. The fraction of sp³-hybridized carbons (Fsp3) is 0.719. The number of aryl methyl sites for hydroxylation is 1. The molecule has 2 rings (SSSR count). The quantitative estimate of drug-likeness (QED) is 0.221. The fourth-order valence-corrected chi connectivity index (χ4v) is 5.62. The van der Waals surface area contributed by atoms with Gasteiger partial charge in [0.15, 0.2) is 0 Å². The number of benzene rings is 1. The second-order valence-corrected chi connectivity index (χ2v) is 13.1. The molecule has 1 saturated carbocycles. The molecule has 7 nitrogen and oxygen atoms in total. The summed E-state index contributed by atoms with van der Waals surface area (Å²) >= 11 is 1.62. The molecule has 226 valence electrons. The first-order chi connectivity index (χ1) is 19.1. The van der Waals surface area contributed by atoms with Crippen LogP contribution in [-0.4, -0.2) is 59.0 Å². The van der Waals surface area contributed by atoms with Crippen LogP contribution in [0.2, 0.25) is 0 Å². The van der Waals surface area contributed by atoms with E-state index in [2.05, 4.69) is 17.6 Å². The standard InChI is InChI=1S/C32H53N3O4S/c1-7-8-9-10-14-22-35(30(37)27(21-23-40-6)34-31(38)39-32(3,4)5)28(25-19-17-24(2)18-20-25)29(36)33-26-15-12-11-13-16-26/h17-20,26-28H,7-16,21-23H2,1-6H3,(H,33,36)(H,34,38). The van der Waals surface area contributed by atoms with E-state index in [9.17, 15) is 14.4 Å². The number of thioether (sulfide) groups is 1. The number of ether oxygens (including phenoxy) is 1. The van der Waals surface area contributed by atoms with E-state index >= 15 is 0 Å². The van der Waals surface area contributed by atoms with Gasteiger partial charge in [0, 0.05) is 12.6 Å². The Morgan fingerprint density at radius 2 is 1.68 bits per heavy atom. The number of hydrogen-bond acceptors (Lipinski definition) is 5. The molecular weight excluding hydrogens is 522 g/mol. The lowest BCUT2D eigenvalue weighted by molar-refractivity contribution is -0.143. The van der Waals surface area contributed by atoms with Crippen LogP contribution in [0.25, 0.3) is 0 Å². The van der Waals surface area contributed by atoms with Gasteiger partial charge < -0.3 is 20.3 Å². The van der Waals surface area contributed by atoms with Crippen LogP contribution in [0.5, 0.6) is 0 Å². The molecule has 0 heterocycles. The molecular formula is C32H53N3O4S. The summed E-state index contributed by atoms with van der Waals surface area (Å²) in [6, 6.07) is 6.47. The molecule has 0 bridgehead atoms. The minimum absolute atomic E-state index is 0.128. The van der Waals surface area contributed by atoms with E-state index in [1.165, 1.54) is 6.42 Å². The van der Waals surface area contributed by atoms with E-state index in [4.69, 9.17) is 4.74 Å². The van der Waals surface area contributed by atoms with E-state index in [1.54, 1.807) is 37.4 Å². The maximum absolute atomic E-state index is 14.3. The van der Waals surface area contributed by atoms with Crippen molar-refractivity contribution < 1.29 is 19.1 Å². The Morgan fingerprint density at radius 1 is 1.02 bits per heavy atom. The van der Waals surface area contributed by atoms with Crippen molar-refractivity contribution >= 4 is 29.7 Å². The molecule has 8 heteroatoms. The van der Waals surface area contributed by atoms with Gasteiger partial charge in [0.2, 0.25) is 11.8 Å². The number of carbonyl (C=O) groups is 3. The third kappa shape index (κ3) is 12.1. The maximum Gasteiger partial charge on any atom is 0.408 e. The molecule has 2 unspecified atom stereocenters. The van der Waals surface area contributed by atoms with Crippen molar-refractivity contribution in [2.24, 2.45) is 0 Å². The Balaban J connectivity index is 2.42. The lowest BCUT2D eigenvalue weighted by atomic mass is 9.94. The van der Waals surface area contributed by atoms with Crippen LogP contribution in [0.4, 0.5) is 4.79 Å². The number of nitrogens with one attached hydrogen (secondary N) is 2. The number of rotatable bonds is 15. The van der Waals surface area contributed by atoms with Crippen molar-refractivity contribution in [1.29, 1.82) is 0 Å². The second-order valence-electron chi connectivity index (χ2n) is 12.1. The Morgan fingerprint density at radius 3 is 2.27 bits per heavy atom. The number of amides is 3. The molecule has 1 aromatic rings. The molecule has 1 aliphatic carbocycles. The molecule has 1 fully saturated rings. The summed E-state index contributed by atoms with van der Waals surface area (Å²) < 4.78 is 5.50. The highest BCUT2D eigenvalue weighted by atomic mass is 32.2. The van der Waals surface area contributed by atoms with Gasteiger partial charge in [-0.15, -0.1) is 0 Å². The van der Waals surface area contributed by atoms with Crippen LogP contribution in [0.15, 0.2) is 24.3 Å². The lowest BCUT2D eigenvalue weighted by Crippen LogP contribution is -2.54. The number of hydrogen-bond donors (Lipinski definition) is 2. The number of unbranched alkanes of at least 4 members (excludes halogenated alkanes) is 4. The molecule has 0 radical (unpaired) electrons. The molecule has 0 saturated heterocycles. The van der Waals surface area contributed by atoms with Gasteiger partial charge in [0.25, 0.3) is 0 Å². The van der Waals surface area contributed by atoms with Gasteiger partial charge in [-0.2, -0.15) is 11.8 Å². The molecule has 0 spiro atoms. The average molecular weight is 576 g/mol. The lowest BCUT2D eigenvalue weighted by Gasteiger charge is -2.36. The van der Waals surface area contributed by atoms with Crippen LogP contribution >= 0.6 is 11.8 Å². The van der Waals surface area contributed by atoms with Gasteiger partial charge in [-0.3, -0.25) is 9.59 Å². The predicted octanol–water partition coefficient (Wildman–Crippen LogP) is 6.93. The summed E-state index contributed by atoms with van der Waals surface area (Å²) in [5.41, 5.74) is 1.21. The average Bonchev–Trinajstić information content (AvgIpc) is 2.90. The van der Waals surface area contributed by atoms with Gasteiger partial charge in [0.05, 0.1) is 0 Å². The summed E-state index contributed by atoms with van der Waals surface area (Å²) in [4.78, 5) is 42.8. The van der Waals surface area contributed by atoms with E-state index in [0.717, 1.165) is 68.9 Å². The highest BCUT2D eigenvalue weighted by molar-refractivity contribution is 7.98. The number of alkyl carbamates (subject to hydrolysis) is 1.